The zero-order valence-corrected chi connectivity index (χ0v) is 16.0. The van der Waals surface area contributed by atoms with Gasteiger partial charge in [0.05, 0.1) is 9.13 Å². The average molecular weight is 441 g/mol. The van der Waals surface area contributed by atoms with Gasteiger partial charge in [0.1, 0.15) is 5.75 Å². The molecule has 100 valence electrons. The van der Waals surface area contributed by atoms with Crippen LogP contribution in [0.5, 0.6) is 5.75 Å². The van der Waals surface area contributed by atoms with E-state index in [1.807, 2.05) is 6.07 Å². The number of hydrogen-bond acceptors (Lipinski definition) is 2. The van der Waals surface area contributed by atoms with Gasteiger partial charge in [0.25, 0.3) is 8.32 Å². The summed E-state index contributed by atoms with van der Waals surface area (Å²) in [5.74, 6) is 0.723. The van der Waals surface area contributed by atoms with E-state index in [9.17, 15) is 4.79 Å². The first-order chi connectivity index (χ1) is 8.08. The minimum absolute atomic E-state index is 0.114. The van der Waals surface area contributed by atoms with Crippen molar-refractivity contribution in [3.63, 3.8) is 0 Å². The molecule has 0 N–H and O–H groups in total. The van der Waals surface area contributed by atoms with Gasteiger partial charge in [0.15, 0.2) is 6.29 Å². The maximum atomic E-state index is 11.2. The van der Waals surface area contributed by atoms with Gasteiger partial charge in [-0.25, -0.2) is 0 Å². The molecule has 1 rings (SSSR count). The highest BCUT2D eigenvalue weighted by atomic mass is 127. The van der Waals surface area contributed by atoms with E-state index in [-0.39, 0.29) is 5.04 Å². The Labute approximate surface area is 132 Å². The second-order valence-electron chi connectivity index (χ2n) is 5.79. The quantitative estimate of drug-likeness (QED) is 0.364. The van der Waals surface area contributed by atoms with Crippen LogP contribution in [0.15, 0.2) is 16.6 Å². The fourth-order valence-electron chi connectivity index (χ4n) is 1.18. The fourth-order valence-corrected chi connectivity index (χ4v) is 4.10. The predicted molar refractivity (Wildman–Crippen MR) is 90.1 cm³/mol. The lowest BCUT2D eigenvalue weighted by Crippen LogP contribution is -2.44. The average Bonchev–Trinajstić information content (AvgIpc) is 2.19. The van der Waals surface area contributed by atoms with Crippen molar-refractivity contribution in [3.05, 3.63) is 25.7 Å². The molecule has 0 aromatic heterocycles. The highest BCUT2D eigenvalue weighted by molar-refractivity contribution is 14.1. The number of benzene rings is 1. The maximum absolute atomic E-state index is 11.2. The Morgan fingerprint density at radius 3 is 2.33 bits per heavy atom. The van der Waals surface area contributed by atoms with Crippen LogP contribution in [0.4, 0.5) is 0 Å². The third-order valence-electron chi connectivity index (χ3n) is 3.33. The van der Waals surface area contributed by atoms with Gasteiger partial charge < -0.3 is 4.43 Å². The number of rotatable bonds is 3. The first-order valence-corrected chi connectivity index (χ1v) is 10.5. The summed E-state index contributed by atoms with van der Waals surface area (Å²) in [6, 6.07) is 3.77. The summed E-state index contributed by atoms with van der Waals surface area (Å²) in [7, 11) is -1.92. The third-order valence-corrected chi connectivity index (χ3v) is 8.91. The van der Waals surface area contributed by atoms with E-state index in [0.717, 1.165) is 20.1 Å². The van der Waals surface area contributed by atoms with Crippen LogP contribution in [0.25, 0.3) is 0 Å². The Balaban J connectivity index is 3.23. The molecule has 1 aromatic carbocycles. The highest BCUT2D eigenvalue weighted by Gasteiger charge is 2.39. The van der Waals surface area contributed by atoms with E-state index >= 15 is 0 Å². The molecule has 0 spiro atoms. The van der Waals surface area contributed by atoms with Crippen LogP contribution in [0.2, 0.25) is 18.1 Å². The van der Waals surface area contributed by atoms with Gasteiger partial charge in [0.2, 0.25) is 0 Å². The molecular formula is C13H18BrIO2Si. The van der Waals surface area contributed by atoms with Crippen molar-refractivity contribution in [3.8, 4) is 5.75 Å². The Bertz CT molecular complexity index is 467. The summed E-state index contributed by atoms with van der Waals surface area (Å²) < 4.78 is 8.12. The maximum Gasteiger partial charge on any atom is 0.250 e. The monoisotopic (exact) mass is 440 g/mol. The van der Waals surface area contributed by atoms with Crippen molar-refractivity contribution in [1.82, 2.24) is 0 Å². The van der Waals surface area contributed by atoms with E-state index < -0.39 is 8.32 Å². The van der Waals surface area contributed by atoms with Crippen molar-refractivity contribution < 1.29 is 9.22 Å². The topological polar surface area (TPSA) is 26.3 Å². The zero-order chi connectivity index (χ0) is 14.1. The first-order valence-electron chi connectivity index (χ1n) is 5.72. The molecule has 0 unspecified atom stereocenters. The van der Waals surface area contributed by atoms with E-state index in [2.05, 4.69) is 72.4 Å². The minimum Gasteiger partial charge on any atom is -0.542 e. The summed E-state index contributed by atoms with van der Waals surface area (Å²) in [5, 5.41) is 0.114. The molecule has 0 aliphatic rings. The van der Waals surface area contributed by atoms with Crippen molar-refractivity contribution in [2.45, 2.75) is 38.9 Å². The summed E-state index contributed by atoms with van der Waals surface area (Å²) in [6.07, 6.45) is 0.857. The molecule has 5 heteroatoms. The molecule has 0 atom stereocenters. The van der Waals surface area contributed by atoms with Gasteiger partial charge in [-0.2, -0.15) is 0 Å². The molecule has 0 saturated carbocycles. The van der Waals surface area contributed by atoms with E-state index in [4.69, 9.17) is 4.43 Å². The molecule has 1 aromatic rings. The van der Waals surface area contributed by atoms with Gasteiger partial charge >= 0.3 is 0 Å². The van der Waals surface area contributed by atoms with Crippen LogP contribution in [-0.4, -0.2) is 14.6 Å². The van der Waals surface area contributed by atoms with Crippen LogP contribution < -0.4 is 4.43 Å². The van der Waals surface area contributed by atoms with Gasteiger partial charge in [-0.1, -0.05) is 36.7 Å². The van der Waals surface area contributed by atoms with Gasteiger partial charge in [0, 0.05) is 4.47 Å². The second kappa shape index (κ2) is 5.62. The highest BCUT2D eigenvalue weighted by Crippen LogP contribution is 2.40. The molecule has 0 saturated heterocycles. The standard InChI is InChI=1S/C13H18BrIO2Si/c1-13(2,3)18(4,5)17-12-9(8-16)6-10(14)7-11(12)15/h6-8H,1-5H3. The number of aldehydes is 1. The molecule has 2 nitrogen and oxygen atoms in total. The molecule has 18 heavy (non-hydrogen) atoms. The number of carbonyl (C=O) groups is 1. The van der Waals surface area contributed by atoms with E-state index in [1.165, 1.54) is 0 Å². The smallest absolute Gasteiger partial charge is 0.250 e. The van der Waals surface area contributed by atoms with Gasteiger partial charge in [-0.15, -0.1) is 0 Å². The summed E-state index contributed by atoms with van der Waals surface area (Å²) in [5.41, 5.74) is 0.610. The third kappa shape index (κ3) is 3.57. The Morgan fingerprint density at radius 2 is 1.89 bits per heavy atom. The summed E-state index contributed by atoms with van der Waals surface area (Å²) in [4.78, 5) is 11.2. The van der Waals surface area contributed by atoms with Crippen molar-refractivity contribution in [2.75, 3.05) is 0 Å². The Morgan fingerprint density at radius 1 is 1.33 bits per heavy atom. The minimum atomic E-state index is -1.92. The molecule has 0 amide bonds. The molecular weight excluding hydrogens is 423 g/mol. The zero-order valence-electron chi connectivity index (χ0n) is 11.3. The number of hydrogen-bond donors (Lipinski definition) is 0. The summed E-state index contributed by atoms with van der Waals surface area (Å²) >= 11 is 5.61. The molecule has 0 aliphatic carbocycles. The van der Waals surface area contributed by atoms with Crippen LogP contribution in [-0.2, 0) is 0 Å². The van der Waals surface area contributed by atoms with Gasteiger partial charge in [-0.05, 0) is 52.9 Å². The van der Waals surface area contributed by atoms with E-state index in [0.29, 0.717) is 5.56 Å². The Kier molecular flexibility index (Phi) is 5.05. The molecule has 0 aliphatic heterocycles. The van der Waals surface area contributed by atoms with Crippen molar-refractivity contribution in [2.24, 2.45) is 0 Å². The molecule has 0 bridgehead atoms. The predicted octanol–water partition coefficient (Wildman–Crippen LogP) is 5.25. The van der Waals surface area contributed by atoms with Gasteiger partial charge in [-0.3, -0.25) is 4.79 Å². The lowest BCUT2D eigenvalue weighted by atomic mass is 10.2. The van der Waals surface area contributed by atoms with Crippen LogP contribution >= 0.6 is 38.5 Å². The van der Waals surface area contributed by atoms with Crippen molar-refractivity contribution in [1.29, 1.82) is 0 Å². The first kappa shape index (κ1) is 16.2. The largest absolute Gasteiger partial charge is 0.542 e. The number of halogens is 2. The lowest BCUT2D eigenvalue weighted by molar-refractivity contribution is 0.112. The fraction of sp³-hybridized carbons (Fsp3) is 0.462. The Hall–Kier alpha value is 0.117. The molecule has 0 fully saturated rings. The lowest BCUT2D eigenvalue weighted by Gasteiger charge is -2.37. The normalized spacial score (nSPS) is 12.4. The van der Waals surface area contributed by atoms with E-state index in [1.54, 1.807) is 6.07 Å². The van der Waals surface area contributed by atoms with Crippen LogP contribution in [0.3, 0.4) is 0 Å². The summed E-state index contributed by atoms with van der Waals surface area (Å²) in [6.45, 7) is 10.9. The SMILES string of the molecule is CC(C)(C)[Si](C)(C)Oc1c(I)cc(Br)cc1C=O. The number of carbonyl (C=O) groups excluding carboxylic acids is 1. The second-order valence-corrected chi connectivity index (χ2v) is 12.6. The van der Waals surface area contributed by atoms with Crippen LogP contribution in [0.1, 0.15) is 31.1 Å². The molecule has 0 radical (unpaired) electrons. The molecule has 0 heterocycles. The van der Waals surface area contributed by atoms with Crippen LogP contribution in [0, 0.1) is 3.57 Å². The van der Waals surface area contributed by atoms with Crippen molar-refractivity contribution >= 4 is 53.1 Å².